The summed E-state index contributed by atoms with van der Waals surface area (Å²) >= 11 is 0. The molecule has 0 bridgehead atoms. The maximum atomic E-state index is 4.55. The van der Waals surface area contributed by atoms with Crippen molar-refractivity contribution in [3.05, 3.63) is 17.5 Å². The van der Waals surface area contributed by atoms with Gasteiger partial charge in [-0.3, -0.25) is 9.58 Å². The molecule has 1 aromatic heterocycles. The molecule has 1 aromatic rings. The lowest BCUT2D eigenvalue weighted by atomic mass is 9.87. The van der Waals surface area contributed by atoms with Crippen LogP contribution in [0.1, 0.15) is 24.2 Å². The van der Waals surface area contributed by atoms with Crippen LogP contribution < -0.4 is 5.32 Å². The van der Waals surface area contributed by atoms with Crippen molar-refractivity contribution in [3.8, 4) is 0 Å². The van der Waals surface area contributed by atoms with Gasteiger partial charge in [0.15, 0.2) is 0 Å². The van der Waals surface area contributed by atoms with Gasteiger partial charge in [0.25, 0.3) is 0 Å². The molecule has 17 heavy (non-hydrogen) atoms. The van der Waals surface area contributed by atoms with Crippen LogP contribution in [0.5, 0.6) is 0 Å². The molecule has 1 spiro atoms. The van der Waals surface area contributed by atoms with Crippen molar-refractivity contribution >= 4 is 0 Å². The summed E-state index contributed by atoms with van der Waals surface area (Å²) in [5, 5.41) is 8.05. The highest BCUT2D eigenvalue weighted by atomic mass is 15.3. The Balaban J connectivity index is 1.63. The Morgan fingerprint density at radius 3 is 3.00 bits per heavy atom. The maximum Gasteiger partial charge on any atom is 0.0767 e. The minimum Gasteiger partial charge on any atom is -0.316 e. The fourth-order valence-corrected chi connectivity index (χ4v) is 3.25. The summed E-state index contributed by atoms with van der Waals surface area (Å²) in [6, 6.07) is 2.21. The lowest BCUT2D eigenvalue weighted by Gasteiger charge is -2.22. The van der Waals surface area contributed by atoms with E-state index in [9.17, 15) is 0 Å². The summed E-state index contributed by atoms with van der Waals surface area (Å²) < 4.78 is 1.97. The van der Waals surface area contributed by atoms with Gasteiger partial charge < -0.3 is 5.32 Å². The predicted octanol–water partition coefficient (Wildman–Crippen LogP) is 0.914. The zero-order valence-corrected chi connectivity index (χ0v) is 10.9. The van der Waals surface area contributed by atoms with Gasteiger partial charge in [0.1, 0.15) is 0 Å². The van der Waals surface area contributed by atoms with E-state index in [0.29, 0.717) is 5.41 Å². The van der Waals surface area contributed by atoms with Crippen LogP contribution in [0, 0.1) is 12.3 Å². The van der Waals surface area contributed by atoms with Crippen LogP contribution in [0.15, 0.2) is 6.07 Å². The first-order valence-corrected chi connectivity index (χ1v) is 6.60. The standard InChI is InChI=1S/C13H22N4/c1-11-7-12(15-16(11)2)8-17-6-4-13(10-17)3-5-14-9-13/h7,14H,3-6,8-10H2,1-2H3. The van der Waals surface area contributed by atoms with Crippen molar-refractivity contribution in [2.45, 2.75) is 26.3 Å². The lowest BCUT2D eigenvalue weighted by Crippen LogP contribution is -2.29. The van der Waals surface area contributed by atoms with Crippen molar-refractivity contribution in [3.63, 3.8) is 0 Å². The van der Waals surface area contributed by atoms with Crippen molar-refractivity contribution in [2.75, 3.05) is 26.2 Å². The van der Waals surface area contributed by atoms with Gasteiger partial charge in [-0.2, -0.15) is 5.10 Å². The number of nitrogens with one attached hydrogen (secondary N) is 1. The first-order chi connectivity index (χ1) is 8.17. The van der Waals surface area contributed by atoms with E-state index in [4.69, 9.17) is 0 Å². The van der Waals surface area contributed by atoms with Crippen molar-refractivity contribution in [2.24, 2.45) is 12.5 Å². The van der Waals surface area contributed by atoms with Gasteiger partial charge in [0.05, 0.1) is 5.69 Å². The zero-order chi connectivity index (χ0) is 11.9. The highest BCUT2D eigenvalue weighted by Crippen LogP contribution is 2.36. The molecule has 1 N–H and O–H groups in total. The topological polar surface area (TPSA) is 33.1 Å². The number of hydrogen-bond acceptors (Lipinski definition) is 3. The molecule has 0 amide bonds. The Labute approximate surface area is 103 Å². The number of aryl methyl sites for hydroxylation is 2. The van der Waals surface area contributed by atoms with Gasteiger partial charge in [-0.15, -0.1) is 0 Å². The number of nitrogens with zero attached hydrogens (tertiary/aromatic N) is 3. The Hall–Kier alpha value is -0.870. The van der Waals surface area contributed by atoms with E-state index < -0.39 is 0 Å². The lowest BCUT2D eigenvalue weighted by molar-refractivity contribution is 0.266. The molecule has 2 fully saturated rings. The van der Waals surface area contributed by atoms with Gasteiger partial charge in [0.2, 0.25) is 0 Å². The highest BCUT2D eigenvalue weighted by molar-refractivity contribution is 5.09. The average Bonchev–Trinajstić information content (AvgIpc) is 2.96. The van der Waals surface area contributed by atoms with Gasteiger partial charge in [0, 0.05) is 32.4 Å². The summed E-state index contributed by atoms with van der Waals surface area (Å²) in [7, 11) is 2.02. The van der Waals surface area contributed by atoms with E-state index in [1.165, 1.54) is 50.4 Å². The van der Waals surface area contributed by atoms with Crippen molar-refractivity contribution in [1.29, 1.82) is 0 Å². The molecule has 3 heterocycles. The van der Waals surface area contributed by atoms with E-state index in [1.807, 2.05) is 11.7 Å². The third-order valence-electron chi connectivity index (χ3n) is 4.40. The second-order valence-electron chi connectivity index (χ2n) is 5.79. The van der Waals surface area contributed by atoms with Crippen molar-refractivity contribution < 1.29 is 0 Å². The molecule has 4 heteroatoms. The largest absolute Gasteiger partial charge is 0.316 e. The molecule has 0 aliphatic carbocycles. The first kappa shape index (κ1) is 11.2. The van der Waals surface area contributed by atoms with Gasteiger partial charge >= 0.3 is 0 Å². The van der Waals surface area contributed by atoms with Gasteiger partial charge in [-0.1, -0.05) is 0 Å². The highest BCUT2D eigenvalue weighted by Gasteiger charge is 2.40. The summed E-state index contributed by atoms with van der Waals surface area (Å²) in [5.41, 5.74) is 3.04. The fourth-order valence-electron chi connectivity index (χ4n) is 3.25. The molecule has 3 rings (SSSR count). The number of hydrogen-bond donors (Lipinski definition) is 1. The molecule has 0 saturated carbocycles. The molecule has 1 atom stereocenters. The average molecular weight is 234 g/mol. The molecular weight excluding hydrogens is 212 g/mol. The van der Waals surface area contributed by atoms with E-state index >= 15 is 0 Å². The van der Waals surface area contributed by atoms with E-state index in [-0.39, 0.29) is 0 Å². The molecule has 4 nitrogen and oxygen atoms in total. The summed E-state index contributed by atoms with van der Waals surface area (Å²) in [5.74, 6) is 0. The fraction of sp³-hybridized carbons (Fsp3) is 0.769. The van der Waals surface area contributed by atoms with Crippen LogP contribution in [0.2, 0.25) is 0 Å². The smallest absolute Gasteiger partial charge is 0.0767 e. The Bertz CT molecular complexity index is 384. The monoisotopic (exact) mass is 234 g/mol. The predicted molar refractivity (Wildman–Crippen MR) is 67.8 cm³/mol. The summed E-state index contributed by atoms with van der Waals surface area (Å²) in [6.07, 6.45) is 2.70. The van der Waals surface area contributed by atoms with Crippen LogP contribution in [-0.2, 0) is 13.6 Å². The third-order valence-corrected chi connectivity index (χ3v) is 4.40. The van der Waals surface area contributed by atoms with Gasteiger partial charge in [-0.05, 0) is 44.3 Å². The number of rotatable bonds is 2. The quantitative estimate of drug-likeness (QED) is 0.826. The van der Waals surface area contributed by atoms with Crippen LogP contribution in [0.25, 0.3) is 0 Å². The molecule has 94 valence electrons. The molecule has 2 aliphatic rings. The number of likely N-dealkylation sites (tertiary alicyclic amines) is 1. The molecule has 2 saturated heterocycles. The Morgan fingerprint density at radius 2 is 2.35 bits per heavy atom. The maximum absolute atomic E-state index is 4.55. The normalized spacial score (nSPS) is 29.5. The Morgan fingerprint density at radius 1 is 1.47 bits per heavy atom. The van der Waals surface area contributed by atoms with Crippen LogP contribution in [0.4, 0.5) is 0 Å². The third kappa shape index (κ3) is 2.11. The Kier molecular flexibility index (Phi) is 2.71. The second kappa shape index (κ2) is 4.10. The SMILES string of the molecule is Cc1cc(CN2CCC3(CCNC3)C2)nn1C. The zero-order valence-electron chi connectivity index (χ0n) is 10.9. The molecule has 2 aliphatic heterocycles. The molecule has 0 aromatic carbocycles. The van der Waals surface area contributed by atoms with Gasteiger partial charge in [-0.25, -0.2) is 0 Å². The van der Waals surface area contributed by atoms with Crippen LogP contribution in [-0.4, -0.2) is 40.9 Å². The summed E-state index contributed by atoms with van der Waals surface area (Å²) in [4.78, 5) is 2.56. The second-order valence-corrected chi connectivity index (χ2v) is 5.79. The minimum absolute atomic E-state index is 0.573. The van der Waals surface area contributed by atoms with Crippen molar-refractivity contribution in [1.82, 2.24) is 20.0 Å². The minimum atomic E-state index is 0.573. The first-order valence-electron chi connectivity index (χ1n) is 6.60. The summed E-state index contributed by atoms with van der Waals surface area (Å²) in [6.45, 7) is 8.03. The number of aromatic nitrogens is 2. The van der Waals surface area contributed by atoms with Crippen LogP contribution in [0.3, 0.4) is 0 Å². The van der Waals surface area contributed by atoms with E-state index in [1.54, 1.807) is 0 Å². The van der Waals surface area contributed by atoms with Crippen LogP contribution >= 0.6 is 0 Å². The molecule has 0 radical (unpaired) electrons. The molecule has 1 unspecified atom stereocenters. The van der Waals surface area contributed by atoms with E-state index in [0.717, 1.165) is 6.54 Å². The molecular formula is C13H22N4. The van der Waals surface area contributed by atoms with E-state index in [2.05, 4.69) is 28.3 Å².